The van der Waals surface area contributed by atoms with Crippen molar-refractivity contribution in [3.63, 3.8) is 0 Å². The molecule has 1 aromatic heterocycles. The van der Waals surface area contributed by atoms with Crippen molar-refractivity contribution in [2.24, 2.45) is 0 Å². The van der Waals surface area contributed by atoms with Crippen LogP contribution in [0.25, 0.3) is 0 Å². The van der Waals surface area contributed by atoms with E-state index in [4.69, 9.17) is 10.5 Å². The summed E-state index contributed by atoms with van der Waals surface area (Å²) in [4.78, 5) is 3.50. The zero-order valence-corrected chi connectivity index (χ0v) is 6.41. The Hall–Kier alpha value is -1.95. The molecule has 0 aliphatic rings. The molecule has 0 fully saturated rings. The third-order valence-electron chi connectivity index (χ3n) is 1.38. The lowest BCUT2D eigenvalue weighted by atomic mass is 10.3. The first-order valence-electron chi connectivity index (χ1n) is 3.32. The first kappa shape index (κ1) is 9.14. The van der Waals surface area contributed by atoms with Gasteiger partial charge < -0.3 is 4.57 Å². The van der Waals surface area contributed by atoms with Crippen molar-refractivity contribution in [2.45, 2.75) is 13.0 Å². The van der Waals surface area contributed by atoms with Crippen LogP contribution < -0.4 is 0 Å². The summed E-state index contributed by atoms with van der Waals surface area (Å²) >= 11 is 0. The molecule has 66 valence electrons. The van der Waals surface area contributed by atoms with E-state index in [-0.39, 0.29) is 11.4 Å². The molecule has 0 aliphatic heterocycles. The van der Waals surface area contributed by atoms with E-state index in [1.54, 1.807) is 12.1 Å². The summed E-state index contributed by atoms with van der Waals surface area (Å²) in [6.45, 7) is -0.614. The molecular formula is C7H4F2N4. The number of nitriles is 2. The lowest BCUT2D eigenvalue weighted by molar-refractivity contribution is 0.126. The molecule has 1 aromatic rings. The van der Waals surface area contributed by atoms with Gasteiger partial charge in [0.15, 0.2) is 11.4 Å². The molecule has 4 nitrogen and oxygen atoms in total. The molecule has 0 radical (unpaired) electrons. The minimum atomic E-state index is -2.56. The van der Waals surface area contributed by atoms with Crippen molar-refractivity contribution < 1.29 is 8.78 Å². The topological polar surface area (TPSA) is 65.4 Å². The standard InChI is InChI=1S/C7H4F2N4/c8-7(9)3-13-4-12-5(1-10)6(13)2-11/h4,7H,3H2. The summed E-state index contributed by atoms with van der Waals surface area (Å²) in [5.74, 6) is 0. The van der Waals surface area contributed by atoms with Crippen molar-refractivity contribution in [3.05, 3.63) is 17.7 Å². The monoisotopic (exact) mass is 182 g/mol. The molecule has 0 bridgehead atoms. The summed E-state index contributed by atoms with van der Waals surface area (Å²) < 4.78 is 24.8. The van der Waals surface area contributed by atoms with Crippen molar-refractivity contribution in [1.82, 2.24) is 9.55 Å². The van der Waals surface area contributed by atoms with Gasteiger partial charge >= 0.3 is 0 Å². The Labute approximate surface area is 72.6 Å². The van der Waals surface area contributed by atoms with Gasteiger partial charge in [0.1, 0.15) is 12.1 Å². The highest BCUT2D eigenvalue weighted by Gasteiger charge is 2.12. The fraction of sp³-hybridized carbons (Fsp3) is 0.286. The summed E-state index contributed by atoms with van der Waals surface area (Å²) in [5.41, 5.74) is -0.244. The number of nitrogens with zero attached hydrogens (tertiary/aromatic N) is 4. The molecule has 0 amide bonds. The molecule has 0 N–H and O–H groups in total. The van der Waals surface area contributed by atoms with Crippen molar-refractivity contribution in [3.8, 4) is 12.1 Å². The fourth-order valence-electron chi connectivity index (χ4n) is 0.868. The molecule has 0 saturated carbocycles. The zero-order chi connectivity index (χ0) is 9.84. The maximum absolute atomic E-state index is 11.9. The number of hydrogen-bond donors (Lipinski definition) is 0. The average molecular weight is 182 g/mol. The smallest absolute Gasteiger partial charge is 0.256 e. The van der Waals surface area contributed by atoms with Crippen molar-refractivity contribution in [1.29, 1.82) is 10.5 Å². The minimum Gasteiger partial charge on any atom is -0.315 e. The Bertz CT molecular complexity index is 382. The molecule has 1 rings (SSSR count). The van der Waals surface area contributed by atoms with Gasteiger partial charge in [-0.25, -0.2) is 13.8 Å². The van der Waals surface area contributed by atoms with Gasteiger partial charge in [0.25, 0.3) is 6.43 Å². The molecule has 1 heterocycles. The normalized spacial score (nSPS) is 9.62. The van der Waals surface area contributed by atoms with Gasteiger partial charge in [-0.1, -0.05) is 0 Å². The number of aromatic nitrogens is 2. The van der Waals surface area contributed by atoms with E-state index in [9.17, 15) is 8.78 Å². The Morgan fingerprint density at radius 2 is 2.15 bits per heavy atom. The van der Waals surface area contributed by atoms with Crippen LogP contribution in [0.5, 0.6) is 0 Å². The van der Waals surface area contributed by atoms with Crippen LogP contribution in [0, 0.1) is 22.7 Å². The fourth-order valence-corrected chi connectivity index (χ4v) is 0.868. The highest BCUT2D eigenvalue weighted by molar-refractivity contribution is 5.35. The largest absolute Gasteiger partial charge is 0.315 e. The second kappa shape index (κ2) is 3.63. The van der Waals surface area contributed by atoms with Crippen LogP contribution in [-0.2, 0) is 6.54 Å². The average Bonchev–Trinajstić information content (AvgIpc) is 2.45. The van der Waals surface area contributed by atoms with Gasteiger partial charge in [-0.3, -0.25) is 0 Å². The second-order valence-electron chi connectivity index (χ2n) is 2.21. The highest BCUT2D eigenvalue weighted by atomic mass is 19.3. The lowest BCUT2D eigenvalue weighted by Gasteiger charge is -2.00. The number of alkyl halides is 2. The molecule has 0 saturated heterocycles. The molecule has 0 spiro atoms. The molecule has 0 aliphatic carbocycles. The zero-order valence-electron chi connectivity index (χ0n) is 6.41. The van der Waals surface area contributed by atoms with E-state index < -0.39 is 13.0 Å². The van der Waals surface area contributed by atoms with E-state index in [0.717, 1.165) is 10.9 Å². The van der Waals surface area contributed by atoms with Gasteiger partial charge in [-0.05, 0) is 0 Å². The van der Waals surface area contributed by atoms with Gasteiger partial charge in [0, 0.05) is 0 Å². The summed E-state index contributed by atoms with van der Waals surface area (Å²) in [6, 6.07) is 3.29. The third kappa shape index (κ3) is 1.79. The second-order valence-corrected chi connectivity index (χ2v) is 2.21. The van der Waals surface area contributed by atoms with Crippen LogP contribution >= 0.6 is 0 Å². The summed E-state index contributed by atoms with van der Waals surface area (Å²) in [7, 11) is 0. The molecule has 0 unspecified atom stereocenters. The Balaban J connectivity index is 3.05. The first-order valence-corrected chi connectivity index (χ1v) is 3.32. The van der Waals surface area contributed by atoms with Gasteiger partial charge in [-0.15, -0.1) is 0 Å². The minimum absolute atomic E-state index is 0.122. The quantitative estimate of drug-likeness (QED) is 0.682. The van der Waals surface area contributed by atoms with E-state index in [1.807, 2.05) is 0 Å². The summed E-state index contributed by atoms with van der Waals surface area (Å²) in [6.07, 6.45) is -1.50. The Kier molecular flexibility index (Phi) is 2.56. The first-order chi connectivity index (χ1) is 6.19. The van der Waals surface area contributed by atoms with E-state index >= 15 is 0 Å². The molecule has 0 atom stereocenters. The maximum Gasteiger partial charge on any atom is 0.256 e. The Morgan fingerprint density at radius 3 is 2.62 bits per heavy atom. The van der Waals surface area contributed by atoms with Crippen LogP contribution in [0.2, 0.25) is 0 Å². The van der Waals surface area contributed by atoms with E-state index in [1.165, 1.54) is 0 Å². The third-order valence-corrected chi connectivity index (χ3v) is 1.38. The van der Waals surface area contributed by atoms with E-state index in [2.05, 4.69) is 4.98 Å². The van der Waals surface area contributed by atoms with Crippen molar-refractivity contribution in [2.75, 3.05) is 0 Å². The Morgan fingerprint density at radius 1 is 1.46 bits per heavy atom. The molecular weight excluding hydrogens is 178 g/mol. The number of hydrogen-bond acceptors (Lipinski definition) is 3. The predicted octanol–water partition coefficient (Wildman–Crippen LogP) is 0.892. The molecule has 13 heavy (non-hydrogen) atoms. The van der Waals surface area contributed by atoms with E-state index in [0.29, 0.717) is 0 Å². The maximum atomic E-state index is 11.9. The number of rotatable bonds is 2. The van der Waals surface area contributed by atoms with Crippen molar-refractivity contribution >= 4 is 0 Å². The lowest BCUT2D eigenvalue weighted by Crippen LogP contribution is -2.07. The molecule has 0 aromatic carbocycles. The molecule has 6 heteroatoms. The van der Waals surface area contributed by atoms with Gasteiger partial charge in [-0.2, -0.15) is 10.5 Å². The van der Waals surface area contributed by atoms with Crippen LogP contribution in [0.1, 0.15) is 11.4 Å². The van der Waals surface area contributed by atoms with Crippen LogP contribution in [0.3, 0.4) is 0 Å². The predicted molar refractivity (Wildman–Crippen MR) is 37.7 cm³/mol. The van der Waals surface area contributed by atoms with Crippen LogP contribution in [0.4, 0.5) is 8.78 Å². The van der Waals surface area contributed by atoms with Crippen LogP contribution in [-0.4, -0.2) is 16.0 Å². The van der Waals surface area contributed by atoms with Gasteiger partial charge in [0.05, 0.1) is 12.9 Å². The number of imidazole rings is 1. The summed E-state index contributed by atoms with van der Waals surface area (Å²) in [5, 5.41) is 17.0. The highest BCUT2D eigenvalue weighted by Crippen LogP contribution is 2.07. The number of halogens is 2. The van der Waals surface area contributed by atoms with Gasteiger partial charge in [0.2, 0.25) is 0 Å². The van der Waals surface area contributed by atoms with Crippen LogP contribution in [0.15, 0.2) is 6.33 Å². The SMILES string of the molecule is N#Cc1ncn(CC(F)F)c1C#N.